The summed E-state index contributed by atoms with van der Waals surface area (Å²) in [6.07, 6.45) is -1.73. The number of hydrogen-bond donors (Lipinski definition) is 1. The summed E-state index contributed by atoms with van der Waals surface area (Å²) in [6, 6.07) is 3.48. The van der Waals surface area contributed by atoms with Gasteiger partial charge in [0, 0.05) is 23.8 Å². The third kappa shape index (κ3) is 3.10. The fourth-order valence-corrected chi connectivity index (χ4v) is 2.39. The van der Waals surface area contributed by atoms with Crippen LogP contribution in [0.15, 0.2) is 24.3 Å². The lowest BCUT2D eigenvalue weighted by molar-refractivity contribution is 0.208. The molecule has 7 heteroatoms. The number of aliphatic hydroxyl groups excluding tert-OH is 1. The molecule has 0 bridgehead atoms. The molecule has 0 aliphatic rings. The van der Waals surface area contributed by atoms with Gasteiger partial charge in [-0.2, -0.15) is 0 Å². The highest BCUT2D eigenvalue weighted by Crippen LogP contribution is 2.37. The molecule has 0 aliphatic carbocycles. The second-order valence-electron chi connectivity index (χ2n) is 4.19. The third-order valence-electron chi connectivity index (χ3n) is 2.88. The van der Waals surface area contributed by atoms with E-state index in [2.05, 4.69) is 0 Å². The van der Waals surface area contributed by atoms with E-state index >= 15 is 0 Å². The Bertz CT molecular complexity index is 669. The topological polar surface area (TPSA) is 29.5 Å². The van der Waals surface area contributed by atoms with Crippen LogP contribution in [0.5, 0.6) is 5.75 Å². The number of rotatable bonds is 3. The summed E-state index contributed by atoms with van der Waals surface area (Å²) in [5, 5.41) is 10.2. The Kier molecular flexibility index (Phi) is 4.66. The predicted octanol–water partition coefficient (Wildman–Crippen LogP) is 4.50. The average Bonchev–Trinajstić information content (AvgIpc) is 2.39. The Morgan fingerprint density at radius 2 is 1.57 bits per heavy atom. The summed E-state index contributed by atoms with van der Waals surface area (Å²) in [5.41, 5.74) is -0.730. The van der Waals surface area contributed by atoms with E-state index in [0.717, 1.165) is 0 Å². The van der Waals surface area contributed by atoms with Crippen LogP contribution in [0.25, 0.3) is 0 Å². The summed E-state index contributed by atoms with van der Waals surface area (Å²) >= 11 is 11.8. The van der Waals surface area contributed by atoms with Crippen molar-refractivity contribution < 1.29 is 23.0 Å². The van der Waals surface area contributed by atoms with Gasteiger partial charge in [-0.3, -0.25) is 0 Å². The highest BCUT2D eigenvalue weighted by molar-refractivity contribution is 6.34. The Hall–Kier alpha value is -1.43. The van der Waals surface area contributed by atoms with Crippen LogP contribution in [0.2, 0.25) is 10.0 Å². The van der Waals surface area contributed by atoms with E-state index in [0.29, 0.717) is 12.1 Å². The first-order valence-electron chi connectivity index (χ1n) is 5.70. The monoisotopic (exact) mass is 336 g/mol. The van der Waals surface area contributed by atoms with Crippen LogP contribution in [0, 0.1) is 17.5 Å². The normalized spacial score (nSPS) is 12.3. The molecule has 0 aromatic heterocycles. The van der Waals surface area contributed by atoms with Crippen LogP contribution < -0.4 is 4.74 Å². The van der Waals surface area contributed by atoms with Crippen LogP contribution >= 0.6 is 23.2 Å². The smallest absolute Gasteiger partial charge is 0.138 e. The zero-order valence-electron chi connectivity index (χ0n) is 10.6. The molecule has 2 nitrogen and oxygen atoms in total. The maximum Gasteiger partial charge on any atom is 0.138 e. The molecule has 1 atom stereocenters. The molecule has 0 aliphatic heterocycles. The maximum atomic E-state index is 13.7. The van der Waals surface area contributed by atoms with E-state index < -0.39 is 29.1 Å². The van der Waals surface area contributed by atoms with Gasteiger partial charge in [0.2, 0.25) is 0 Å². The molecule has 0 spiro atoms. The molecule has 0 heterocycles. The minimum Gasteiger partial charge on any atom is -0.495 e. The van der Waals surface area contributed by atoms with Gasteiger partial charge in [-0.1, -0.05) is 23.2 Å². The maximum absolute atomic E-state index is 13.7. The molecule has 112 valence electrons. The van der Waals surface area contributed by atoms with Crippen LogP contribution in [0.4, 0.5) is 13.2 Å². The molecule has 2 aromatic carbocycles. The SMILES string of the molecule is COc1cc(Cl)c(C(O)c2c(F)cc(F)cc2F)cc1Cl. The van der Waals surface area contributed by atoms with Crippen molar-refractivity contribution in [3.05, 3.63) is 62.9 Å². The van der Waals surface area contributed by atoms with Crippen LogP contribution in [0.1, 0.15) is 17.2 Å². The number of benzene rings is 2. The van der Waals surface area contributed by atoms with Gasteiger partial charge >= 0.3 is 0 Å². The molecular weight excluding hydrogens is 328 g/mol. The number of aliphatic hydroxyl groups is 1. The van der Waals surface area contributed by atoms with E-state index in [1.807, 2.05) is 0 Å². The van der Waals surface area contributed by atoms with Gasteiger partial charge in [0.25, 0.3) is 0 Å². The molecule has 0 saturated carbocycles. The lowest BCUT2D eigenvalue weighted by Gasteiger charge is -2.16. The molecule has 0 amide bonds. The molecule has 1 unspecified atom stereocenters. The molecule has 1 N–H and O–H groups in total. The van der Waals surface area contributed by atoms with Crippen molar-refractivity contribution >= 4 is 23.2 Å². The van der Waals surface area contributed by atoms with Gasteiger partial charge in [0.1, 0.15) is 29.3 Å². The molecule has 0 radical (unpaired) electrons. The van der Waals surface area contributed by atoms with Gasteiger partial charge in [-0.15, -0.1) is 0 Å². The van der Waals surface area contributed by atoms with Gasteiger partial charge in [-0.05, 0) is 6.07 Å². The lowest BCUT2D eigenvalue weighted by Crippen LogP contribution is -2.07. The van der Waals surface area contributed by atoms with Crippen molar-refractivity contribution in [2.24, 2.45) is 0 Å². The van der Waals surface area contributed by atoms with Gasteiger partial charge in [0.15, 0.2) is 0 Å². The molecular formula is C14H9Cl2F3O2. The van der Waals surface area contributed by atoms with Crippen molar-refractivity contribution in [1.82, 2.24) is 0 Å². The van der Waals surface area contributed by atoms with Crippen LogP contribution in [0.3, 0.4) is 0 Å². The summed E-state index contributed by atoms with van der Waals surface area (Å²) < 4.78 is 45.2. The van der Waals surface area contributed by atoms with E-state index in [4.69, 9.17) is 27.9 Å². The second-order valence-corrected chi connectivity index (χ2v) is 5.01. The molecule has 2 aromatic rings. The lowest BCUT2D eigenvalue weighted by atomic mass is 10.00. The fourth-order valence-electron chi connectivity index (χ4n) is 1.88. The van der Waals surface area contributed by atoms with Crippen molar-refractivity contribution in [3.63, 3.8) is 0 Å². The van der Waals surface area contributed by atoms with Crippen molar-refractivity contribution in [3.8, 4) is 5.75 Å². The third-order valence-corrected chi connectivity index (χ3v) is 3.51. The Balaban J connectivity index is 2.55. The standard InChI is InChI=1S/C14H9Cl2F3O2/c1-21-12-5-8(15)7(4-9(12)16)14(20)13-10(18)2-6(17)3-11(13)19/h2-5,14,20H,1H3. The van der Waals surface area contributed by atoms with Gasteiger partial charge < -0.3 is 9.84 Å². The Morgan fingerprint density at radius 1 is 1.00 bits per heavy atom. The Labute approximate surface area is 128 Å². The van der Waals surface area contributed by atoms with Crippen molar-refractivity contribution in [2.45, 2.75) is 6.10 Å². The average molecular weight is 337 g/mol. The Morgan fingerprint density at radius 3 is 2.10 bits per heavy atom. The van der Waals surface area contributed by atoms with Crippen molar-refractivity contribution in [2.75, 3.05) is 7.11 Å². The first-order valence-corrected chi connectivity index (χ1v) is 6.46. The van der Waals surface area contributed by atoms with Crippen molar-refractivity contribution in [1.29, 1.82) is 0 Å². The van der Waals surface area contributed by atoms with Gasteiger partial charge in [-0.25, -0.2) is 13.2 Å². The quantitative estimate of drug-likeness (QED) is 0.894. The second kappa shape index (κ2) is 6.13. The van der Waals surface area contributed by atoms with E-state index in [-0.39, 0.29) is 21.4 Å². The summed E-state index contributed by atoms with van der Waals surface area (Å²) in [7, 11) is 1.37. The summed E-state index contributed by atoms with van der Waals surface area (Å²) in [4.78, 5) is 0. The highest BCUT2D eigenvalue weighted by atomic mass is 35.5. The van der Waals surface area contributed by atoms with Crippen LogP contribution in [-0.2, 0) is 0 Å². The zero-order valence-corrected chi connectivity index (χ0v) is 12.1. The van der Waals surface area contributed by atoms with Gasteiger partial charge in [0.05, 0.1) is 22.7 Å². The molecule has 0 fully saturated rings. The van der Waals surface area contributed by atoms with E-state index in [9.17, 15) is 18.3 Å². The predicted molar refractivity (Wildman–Crippen MR) is 73.4 cm³/mol. The first kappa shape index (κ1) is 15.9. The molecule has 2 rings (SSSR count). The first-order chi connectivity index (χ1) is 9.85. The number of ether oxygens (including phenoxy) is 1. The zero-order chi connectivity index (χ0) is 15.7. The minimum absolute atomic E-state index is 0.00637. The summed E-state index contributed by atoms with van der Waals surface area (Å²) in [5.74, 6) is -3.27. The molecule has 21 heavy (non-hydrogen) atoms. The number of hydrogen-bond acceptors (Lipinski definition) is 2. The summed E-state index contributed by atoms with van der Waals surface area (Å²) in [6.45, 7) is 0. The molecule has 0 saturated heterocycles. The fraction of sp³-hybridized carbons (Fsp3) is 0.143. The minimum atomic E-state index is -1.73. The van der Waals surface area contributed by atoms with E-state index in [1.54, 1.807) is 0 Å². The number of halogens is 5. The number of methoxy groups -OCH3 is 1. The van der Waals surface area contributed by atoms with E-state index in [1.165, 1.54) is 19.2 Å². The highest BCUT2D eigenvalue weighted by Gasteiger charge is 2.24. The van der Waals surface area contributed by atoms with Crippen LogP contribution in [-0.4, -0.2) is 12.2 Å². The largest absolute Gasteiger partial charge is 0.495 e.